The topological polar surface area (TPSA) is 70.1 Å². The minimum absolute atomic E-state index is 0.0890. The molecule has 3 rings (SSSR count). The monoisotopic (exact) mass is 554 g/mol. The maximum Gasteiger partial charge on any atom is 0.416 e. The maximum absolute atomic E-state index is 13.1. The quantitative estimate of drug-likeness (QED) is 0.338. The van der Waals surface area contributed by atoms with Gasteiger partial charge < -0.3 is 14.5 Å². The molecule has 6 nitrogen and oxygen atoms in total. The van der Waals surface area contributed by atoms with Gasteiger partial charge in [-0.05, 0) is 54.8 Å². The van der Waals surface area contributed by atoms with E-state index in [1.165, 1.54) is 0 Å². The van der Waals surface area contributed by atoms with Crippen LogP contribution in [0.25, 0.3) is 0 Å². The zero-order valence-electron chi connectivity index (χ0n) is 19.9. The van der Waals surface area contributed by atoms with Gasteiger partial charge in [-0.1, -0.05) is 18.2 Å². The summed E-state index contributed by atoms with van der Waals surface area (Å²) in [5.41, 5.74) is -2.22. The highest BCUT2D eigenvalue weighted by Crippen LogP contribution is 2.36. The molecule has 0 amide bonds. The fourth-order valence-electron chi connectivity index (χ4n) is 4.10. The molecule has 1 fully saturated rings. The number of alkyl halides is 6. The fourth-order valence-corrected chi connectivity index (χ4v) is 4.59. The lowest BCUT2D eigenvalue weighted by Gasteiger charge is -2.34. The molecule has 2 aromatic carbocycles. The van der Waals surface area contributed by atoms with E-state index in [9.17, 15) is 34.8 Å². The Morgan fingerprint density at radius 2 is 1.38 bits per heavy atom. The Bertz CT molecular complexity index is 1110. The van der Waals surface area contributed by atoms with Crippen LogP contribution in [-0.2, 0) is 35.5 Å². The molecule has 0 unspecified atom stereocenters. The number of hydrogen-bond acceptors (Lipinski definition) is 5. The zero-order valence-corrected chi connectivity index (χ0v) is 20.7. The molecule has 37 heavy (non-hydrogen) atoms. The Kier molecular flexibility index (Phi) is 9.48. The smallest absolute Gasteiger partial charge is 0.416 e. The highest BCUT2D eigenvalue weighted by molar-refractivity contribution is 7.85. The van der Waals surface area contributed by atoms with Gasteiger partial charge in [-0.15, -0.1) is 0 Å². The summed E-state index contributed by atoms with van der Waals surface area (Å²) in [5, 5.41) is 0. The van der Waals surface area contributed by atoms with Crippen molar-refractivity contribution in [3.05, 3.63) is 64.7 Å². The summed E-state index contributed by atoms with van der Waals surface area (Å²) in [6.07, 6.45) is -8.93. The summed E-state index contributed by atoms with van der Waals surface area (Å²) < 4.78 is 115. The van der Waals surface area contributed by atoms with Crippen molar-refractivity contribution >= 4 is 10.1 Å². The van der Waals surface area contributed by atoms with Gasteiger partial charge in [-0.2, -0.15) is 34.8 Å². The van der Waals surface area contributed by atoms with Crippen molar-refractivity contribution in [2.75, 3.05) is 45.0 Å². The minimum atomic E-state index is -4.92. The summed E-state index contributed by atoms with van der Waals surface area (Å²) in [7, 11) is -3.97. The number of rotatable bonds is 10. The summed E-state index contributed by atoms with van der Waals surface area (Å²) in [4.78, 5) is 4.32. The van der Waals surface area contributed by atoms with Crippen molar-refractivity contribution in [3.63, 3.8) is 0 Å². The molecule has 0 bridgehead atoms. The number of halogens is 6. The standard InChI is InChI=1S/C24H28F6N2O4S/c25-23(26,27)20-14-18(15-21(16-20)24(28,29)30)17-36-22-5-2-1-4-19(22)6-8-32-11-9-31(10-12-32)7-3-13-37(33,34)35/h1-2,4-5,14-16H,3,6-13,17H2,(H,33,34,35). The molecule has 1 N–H and O–H groups in total. The van der Waals surface area contributed by atoms with Crippen molar-refractivity contribution in [1.82, 2.24) is 9.80 Å². The van der Waals surface area contributed by atoms with E-state index in [1.807, 2.05) is 0 Å². The molecule has 0 radical (unpaired) electrons. The molecule has 0 aromatic heterocycles. The van der Waals surface area contributed by atoms with Gasteiger partial charge in [0.1, 0.15) is 12.4 Å². The van der Waals surface area contributed by atoms with Gasteiger partial charge in [0, 0.05) is 32.7 Å². The summed E-state index contributed by atoms with van der Waals surface area (Å²) in [6, 6.07) is 8.29. The van der Waals surface area contributed by atoms with E-state index in [4.69, 9.17) is 9.29 Å². The van der Waals surface area contributed by atoms with Gasteiger partial charge in [0.2, 0.25) is 0 Å². The molecular weight excluding hydrogens is 526 g/mol. The average molecular weight is 555 g/mol. The largest absolute Gasteiger partial charge is 0.489 e. The summed E-state index contributed by atoms with van der Waals surface area (Å²) in [5.74, 6) is 0.111. The molecule has 206 valence electrons. The first-order valence-electron chi connectivity index (χ1n) is 11.6. The minimum Gasteiger partial charge on any atom is -0.489 e. The van der Waals surface area contributed by atoms with Crippen LogP contribution in [0.2, 0.25) is 0 Å². The van der Waals surface area contributed by atoms with E-state index in [0.29, 0.717) is 43.8 Å². The van der Waals surface area contributed by atoms with E-state index < -0.39 is 40.2 Å². The van der Waals surface area contributed by atoms with Gasteiger partial charge in [-0.3, -0.25) is 4.55 Å². The van der Waals surface area contributed by atoms with Crippen LogP contribution in [0, 0.1) is 0 Å². The lowest BCUT2D eigenvalue weighted by Crippen LogP contribution is -2.47. The predicted molar refractivity (Wildman–Crippen MR) is 125 cm³/mol. The average Bonchev–Trinajstić information content (AvgIpc) is 2.80. The van der Waals surface area contributed by atoms with E-state index in [2.05, 4.69) is 9.80 Å². The molecule has 13 heteroatoms. The first-order valence-corrected chi connectivity index (χ1v) is 13.2. The second kappa shape index (κ2) is 12.0. The van der Waals surface area contributed by atoms with Gasteiger partial charge in [0.15, 0.2) is 0 Å². The molecule has 1 heterocycles. The van der Waals surface area contributed by atoms with Crippen molar-refractivity contribution in [3.8, 4) is 5.75 Å². The van der Waals surface area contributed by atoms with Crippen LogP contribution in [0.5, 0.6) is 5.75 Å². The molecule has 1 aliphatic heterocycles. The lowest BCUT2D eigenvalue weighted by atomic mass is 10.0. The van der Waals surface area contributed by atoms with Crippen LogP contribution in [0.3, 0.4) is 0 Å². The second-order valence-corrected chi connectivity index (χ2v) is 10.5. The highest BCUT2D eigenvalue weighted by atomic mass is 32.2. The van der Waals surface area contributed by atoms with Gasteiger partial charge >= 0.3 is 12.4 Å². The summed E-state index contributed by atoms with van der Waals surface area (Å²) in [6.45, 7) is 3.75. The highest BCUT2D eigenvalue weighted by Gasteiger charge is 2.37. The SMILES string of the molecule is O=S(=O)(O)CCCN1CCN(CCc2ccccc2OCc2cc(C(F)(F)F)cc(C(F)(F)F)c2)CC1. The zero-order chi connectivity index (χ0) is 27.3. The Labute approximate surface area is 211 Å². The van der Waals surface area contributed by atoms with Crippen LogP contribution >= 0.6 is 0 Å². The van der Waals surface area contributed by atoms with E-state index in [1.54, 1.807) is 24.3 Å². The molecule has 0 aliphatic carbocycles. The first kappa shape index (κ1) is 29.2. The molecule has 0 spiro atoms. The second-order valence-electron chi connectivity index (χ2n) is 8.88. The Hall–Kier alpha value is -2.35. The van der Waals surface area contributed by atoms with Crippen LogP contribution in [0.15, 0.2) is 42.5 Å². The van der Waals surface area contributed by atoms with E-state index in [-0.39, 0.29) is 17.4 Å². The maximum atomic E-state index is 13.1. The Balaban J connectivity index is 1.57. The van der Waals surface area contributed by atoms with Crippen LogP contribution in [0.4, 0.5) is 26.3 Å². The van der Waals surface area contributed by atoms with Crippen molar-refractivity contribution < 1.29 is 44.0 Å². The van der Waals surface area contributed by atoms with Crippen molar-refractivity contribution in [1.29, 1.82) is 0 Å². The van der Waals surface area contributed by atoms with Gasteiger partial charge in [0.25, 0.3) is 10.1 Å². The van der Waals surface area contributed by atoms with Crippen molar-refractivity contribution in [2.45, 2.75) is 31.8 Å². The molecule has 1 aliphatic rings. The van der Waals surface area contributed by atoms with Crippen LogP contribution in [-0.4, -0.2) is 67.8 Å². The molecule has 0 atom stereocenters. The number of hydrogen-bond donors (Lipinski definition) is 1. The summed E-state index contributed by atoms with van der Waals surface area (Å²) >= 11 is 0. The Morgan fingerprint density at radius 1 is 0.838 bits per heavy atom. The predicted octanol–water partition coefficient (Wildman–Crippen LogP) is 4.74. The van der Waals surface area contributed by atoms with E-state index >= 15 is 0 Å². The van der Waals surface area contributed by atoms with Crippen LogP contribution < -0.4 is 4.74 Å². The number of benzene rings is 2. The first-order chi connectivity index (χ1) is 17.2. The number of para-hydroxylation sites is 1. The molecular formula is C24H28F6N2O4S. The lowest BCUT2D eigenvalue weighted by molar-refractivity contribution is -0.143. The third kappa shape index (κ3) is 9.47. The van der Waals surface area contributed by atoms with Gasteiger partial charge in [-0.25, -0.2) is 0 Å². The third-order valence-electron chi connectivity index (χ3n) is 6.05. The molecule has 0 saturated carbocycles. The fraction of sp³-hybridized carbons (Fsp3) is 0.500. The number of nitrogens with zero attached hydrogens (tertiary/aromatic N) is 2. The van der Waals surface area contributed by atoms with Crippen molar-refractivity contribution in [2.24, 2.45) is 0 Å². The number of piperazine rings is 1. The molecule has 1 saturated heterocycles. The number of ether oxygens (including phenoxy) is 1. The van der Waals surface area contributed by atoms with E-state index in [0.717, 1.165) is 31.7 Å². The third-order valence-corrected chi connectivity index (χ3v) is 6.86. The molecule has 2 aromatic rings. The Morgan fingerprint density at radius 3 is 1.92 bits per heavy atom. The van der Waals surface area contributed by atoms with Gasteiger partial charge in [0.05, 0.1) is 16.9 Å². The normalized spacial score (nSPS) is 16.2. The van der Waals surface area contributed by atoms with Crippen LogP contribution in [0.1, 0.15) is 28.7 Å².